The topological polar surface area (TPSA) is 49.8 Å². The highest BCUT2D eigenvalue weighted by atomic mass is 16.5. The summed E-state index contributed by atoms with van der Waals surface area (Å²) in [4.78, 5) is 13.9. The molecule has 2 heterocycles. The smallest absolute Gasteiger partial charge is 0.226 e. The molecule has 0 bridgehead atoms. The van der Waals surface area contributed by atoms with Gasteiger partial charge in [0.15, 0.2) is 0 Å². The van der Waals surface area contributed by atoms with Crippen LogP contribution in [0.3, 0.4) is 0 Å². The first kappa shape index (κ1) is 10.9. The summed E-state index contributed by atoms with van der Waals surface area (Å²) in [5, 5.41) is 9.50. The number of β-amino-alcohol motifs (C(OH)–C–C–N with tert-alkyl or cyclic N) is 1. The van der Waals surface area contributed by atoms with E-state index in [2.05, 4.69) is 0 Å². The highest BCUT2D eigenvalue weighted by molar-refractivity contribution is 5.79. The third-order valence-electron chi connectivity index (χ3n) is 3.41. The molecule has 0 aliphatic carbocycles. The highest BCUT2D eigenvalue weighted by Crippen LogP contribution is 2.24. The van der Waals surface area contributed by atoms with Crippen molar-refractivity contribution in [2.45, 2.75) is 38.3 Å². The van der Waals surface area contributed by atoms with Gasteiger partial charge in [0.05, 0.1) is 6.10 Å². The molecule has 0 unspecified atom stereocenters. The van der Waals surface area contributed by atoms with Gasteiger partial charge in [0.2, 0.25) is 5.91 Å². The first-order valence-corrected chi connectivity index (χ1v) is 5.74. The van der Waals surface area contributed by atoms with Crippen molar-refractivity contribution in [1.29, 1.82) is 0 Å². The van der Waals surface area contributed by atoms with Crippen molar-refractivity contribution < 1.29 is 14.6 Å². The van der Waals surface area contributed by atoms with Gasteiger partial charge in [0.25, 0.3) is 0 Å². The lowest BCUT2D eigenvalue weighted by molar-refractivity contribution is -0.139. The number of aliphatic hydroxyl groups excluding tert-OH is 1. The Morgan fingerprint density at radius 3 is 2.60 bits per heavy atom. The molecule has 2 aliphatic heterocycles. The van der Waals surface area contributed by atoms with Crippen molar-refractivity contribution in [3.63, 3.8) is 0 Å². The first-order chi connectivity index (χ1) is 7.18. The monoisotopic (exact) mass is 213 g/mol. The van der Waals surface area contributed by atoms with Gasteiger partial charge in [-0.15, -0.1) is 0 Å². The molecule has 4 nitrogen and oxygen atoms in total. The van der Waals surface area contributed by atoms with Gasteiger partial charge in [-0.25, -0.2) is 0 Å². The molecule has 1 amide bonds. The van der Waals surface area contributed by atoms with Crippen LogP contribution < -0.4 is 0 Å². The van der Waals surface area contributed by atoms with Crippen LogP contribution in [-0.2, 0) is 9.53 Å². The van der Waals surface area contributed by atoms with E-state index in [1.807, 2.05) is 11.8 Å². The molecule has 2 saturated heterocycles. The van der Waals surface area contributed by atoms with Crippen LogP contribution in [0.4, 0.5) is 0 Å². The molecular formula is C11H19NO3. The van der Waals surface area contributed by atoms with E-state index < -0.39 is 0 Å². The van der Waals surface area contributed by atoms with Gasteiger partial charge in [-0.1, -0.05) is 0 Å². The van der Waals surface area contributed by atoms with Crippen molar-refractivity contribution in [3.8, 4) is 0 Å². The van der Waals surface area contributed by atoms with Gasteiger partial charge in [-0.2, -0.15) is 0 Å². The fourth-order valence-corrected chi connectivity index (χ4v) is 2.49. The van der Waals surface area contributed by atoms with Crippen LogP contribution >= 0.6 is 0 Å². The average Bonchev–Trinajstić information content (AvgIpc) is 2.58. The summed E-state index contributed by atoms with van der Waals surface area (Å²) in [5.74, 6) is 0.328. The fraction of sp³-hybridized carbons (Fsp3) is 0.909. The molecule has 0 aromatic rings. The van der Waals surface area contributed by atoms with Crippen molar-refractivity contribution in [1.82, 2.24) is 4.90 Å². The Morgan fingerprint density at radius 2 is 2.07 bits per heavy atom. The summed E-state index contributed by atoms with van der Waals surface area (Å²) in [6, 6.07) is 0.190. The largest absolute Gasteiger partial charge is 0.391 e. The zero-order valence-corrected chi connectivity index (χ0v) is 9.19. The van der Waals surface area contributed by atoms with E-state index in [1.54, 1.807) is 0 Å². The second-order valence-corrected chi connectivity index (χ2v) is 4.62. The minimum atomic E-state index is -0.330. The van der Waals surface area contributed by atoms with Crippen LogP contribution in [0.15, 0.2) is 0 Å². The molecule has 15 heavy (non-hydrogen) atoms. The number of ether oxygens (including phenoxy) is 1. The lowest BCUT2D eigenvalue weighted by Gasteiger charge is -2.28. The number of hydrogen-bond donors (Lipinski definition) is 1. The molecule has 2 rings (SSSR count). The lowest BCUT2D eigenvalue weighted by atomic mass is 9.98. The van der Waals surface area contributed by atoms with Crippen molar-refractivity contribution in [3.05, 3.63) is 0 Å². The van der Waals surface area contributed by atoms with Crippen molar-refractivity contribution in [2.24, 2.45) is 5.92 Å². The van der Waals surface area contributed by atoms with Crippen LogP contribution in [0, 0.1) is 5.92 Å². The Labute approximate surface area is 90.2 Å². The molecule has 0 spiro atoms. The SMILES string of the molecule is C[C@H]1C[C@H](O)CN1C(=O)C1CCOCC1. The quantitative estimate of drug-likeness (QED) is 0.685. The molecule has 2 aliphatic rings. The summed E-state index contributed by atoms with van der Waals surface area (Å²) in [6.07, 6.45) is 2.05. The molecule has 2 atom stereocenters. The predicted octanol–water partition coefficient (Wildman–Crippen LogP) is 0.395. The van der Waals surface area contributed by atoms with Crippen molar-refractivity contribution in [2.75, 3.05) is 19.8 Å². The third-order valence-corrected chi connectivity index (χ3v) is 3.41. The Morgan fingerprint density at radius 1 is 1.40 bits per heavy atom. The molecule has 0 radical (unpaired) electrons. The normalized spacial score (nSPS) is 33.3. The molecule has 4 heteroatoms. The molecule has 86 valence electrons. The Kier molecular flexibility index (Phi) is 3.26. The number of aliphatic hydroxyl groups is 1. The number of carbonyl (C=O) groups is 1. The van der Waals surface area contributed by atoms with Gasteiger partial charge >= 0.3 is 0 Å². The van der Waals surface area contributed by atoms with Crippen LogP contribution in [0.5, 0.6) is 0 Å². The minimum Gasteiger partial charge on any atom is -0.391 e. The molecule has 2 fully saturated rings. The van der Waals surface area contributed by atoms with E-state index in [4.69, 9.17) is 4.74 Å². The van der Waals surface area contributed by atoms with Gasteiger partial charge in [0, 0.05) is 31.7 Å². The minimum absolute atomic E-state index is 0.117. The zero-order valence-electron chi connectivity index (χ0n) is 9.19. The number of carbonyl (C=O) groups excluding carboxylic acids is 1. The van der Waals surface area contributed by atoms with E-state index in [9.17, 15) is 9.90 Å². The Balaban J connectivity index is 1.94. The maximum atomic E-state index is 12.1. The van der Waals surface area contributed by atoms with Crippen LogP contribution in [-0.4, -0.2) is 47.8 Å². The Bertz CT molecular complexity index is 238. The second kappa shape index (κ2) is 4.49. The number of amides is 1. The maximum absolute atomic E-state index is 12.1. The van der Waals surface area contributed by atoms with Gasteiger partial charge < -0.3 is 14.7 Å². The van der Waals surface area contributed by atoms with E-state index in [-0.39, 0.29) is 24.0 Å². The number of hydrogen-bond acceptors (Lipinski definition) is 3. The highest BCUT2D eigenvalue weighted by Gasteiger charge is 2.35. The van der Waals surface area contributed by atoms with E-state index >= 15 is 0 Å². The van der Waals surface area contributed by atoms with Crippen molar-refractivity contribution >= 4 is 5.91 Å². The molecule has 0 saturated carbocycles. The number of likely N-dealkylation sites (tertiary alicyclic amines) is 1. The van der Waals surface area contributed by atoms with Gasteiger partial charge in [-0.05, 0) is 26.2 Å². The molecule has 0 aromatic carbocycles. The van der Waals surface area contributed by atoms with Crippen LogP contribution in [0.1, 0.15) is 26.2 Å². The van der Waals surface area contributed by atoms with Gasteiger partial charge in [0.1, 0.15) is 0 Å². The summed E-state index contributed by atoms with van der Waals surface area (Å²) in [7, 11) is 0. The van der Waals surface area contributed by atoms with E-state index in [1.165, 1.54) is 0 Å². The number of rotatable bonds is 1. The van der Waals surface area contributed by atoms with Crippen LogP contribution in [0.2, 0.25) is 0 Å². The Hall–Kier alpha value is -0.610. The molecule has 0 aromatic heterocycles. The fourth-order valence-electron chi connectivity index (χ4n) is 2.49. The average molecular weight is 213 g/mol. The predicted molar refractivity (Wildman–Crippen MR) is 55.3 cm³/mol. The van der Waals surface area contributed by atoms with Crippen LogP contribution in [0.25, 0.3) is 0 Å². The maximum Gasteiger partial charge on any atom is 0.226 e. The standard InChI is InChI=1S/C11H19NO3/c1-8-6-10(13)7-12(8)11(14)9-2-4-15-5-3-9/h8-10,13H,2-7H2,1H3/t8-,10-/m0/s1. The van der Waals surface area contributed by atoms with E-state index in [0.29, 0.717) is 19.8 Å². The lowest BCUT2D eigenvalue weighted by Crippen LogP contribution is -2.40. The number of nitrogens with zero attached hydrogens (tertiary/aromatic N) is 1. The summed E-state index contributed by atoms with van der Waals surface area (Å²) in [5.41, 5.74) is 0. The third kappa shape index (κ3) is 2.32. The first-order valence-electron chi connectivity index (χ1n) is 5.74. The summed E-state index contributed by atoms with van der Waals surface area (Å²) < 4.78 is 5.24. The molecule has 1 N–H and O–H groups in total. The zero-order chi connectivity index (χ0) is 10.8. The van der Waals surface area contributed by atoms with Gasteiger partial charge in [-0.3, -0.25) is 4.79 Å². The van der Waals surface area contributed by atoms with E-state index in [0.717, 1.165) is 19.3 Å². The second-order valence-electron chi connectivity index (χ2n) is 4.62. The summed E-state index contributed by atoms with van der Waals surface area (Å²) in [6.45, 7) is 3.91. The molecular weight excluding hydrogens is 194 g/mol. The summed E-state index contributed by atoms with van der Waals surface area (Å²) >= 11 is 0.